The van der Waals surface area contributed by atoms with Crippen LogP contribution in [0.2, 0.25) is 0 Å². The summed E-state index contributed by atoms with van der Waals surface area (Å²) in [5.41, 5.74) is 0. The Balaban J connectivity index is 2.05. The molecular weight excluding hydrogens is 238 g/mol. The fourth-order valence-electron chi connectivity index (χ4n) is 1.40. The highest BCUT2D eigenvalue weighted by Gasteiger charge is 2.05. The molecule has 18 heavy (non-hydrogen) atoms. The van der Waals surface area contributed by atoms with Crippen LogP contribution in [0, 0.1) is 6.92 Å². The zero-order chi connectivity index (χ0) is 13.4. The van der Waals surface area contributed by atoms with E-state index in [9.17, 15) is 9.59 Å². The Kier molecular flexibility index (Phi) is 5.83. The number of aryl methyl sites for hydroxylation is 1. The van der Waals surface area contributed by atoms with Crippen LogP contribution in [0.4, 0.5) is 0 Å². The topological polar surface area (TPSA) is 105 Å². The third-order valence-corrected chi connectivity index (χ3v) is 2.28. The number of carbonyl (C=O) groups excluding carboxylic acids is 1. The van der Waals surface area contributed by atoms with Crippen LogP contribution in [-0.4, -0.2) is 33.7 Å². The van der Waals surface area contributed by atoms with Crippen molar-refractivity contribution in [2.45, 2.75) is 39.0 Å². The summed E-state index contributed by atoms with van der Waals surface area (Å²) >= 11 is 0. The van der Waals surface area contributed by atoms with Crippen molar-refractivity contribution in [1.29, 1.82) is 0 Å². The van der Waals surface area contributed by atoms with Crippen LogP contribution in [-0.2, 0) is 16.0 Å². The summed E-state index contributed by atoms with van der Waals surface area (Å²) in [6, 6.07) is 0. The van der Waals surface area contributed by atoms with Crippen molar-refractivity contribution in [2.24, 2.45) is 0 Å². The molecule has 0 unspecified atom stereocenters. The van der Waals surface area contributed by atoms with Crippen molar-refractivity contribution in [1.82, 2.24) is 15.5 Å². The molecule has 0 aromatic carbocycles. The molecule has 0 atom stereocenters. The van der Waals surface area contributed by atoms with Crippen LogP contribution >= 0.6 is 0 Å². The molecular formula is C11H17N3O4. The Morgan fingerprint density at radius 2 is 2.06 bits per heavy atom. The second-order valence-corrected chi connectivity index (χ2v) is 3.94. The number of hydrogen-bond donors (Lipinski definition) is 2. The minimum atomic E-state index is -0.831. The van der Waals surface area contributed by atoms with Crippen molar-refractivity contribution in [2.75, 3.05) is 6.54 Å². The lowest BCUT2D eigenvalue weighted by atomic mass is 10.2. The van der Waals surface area contributed by atoms with E-state index in [-0.39, 0.29) is 12.3 Å². The Morgan fingerprint density at radius 3 is 2.67 bits per heavy atom. The average molecular weight is 255 g/mol. The molecule has 1 amide bonds. The van der Waals surface area contributed by atoms with Crippen molar-refractivity contribution in [3.63, 3.8) is 0 Å². The molecule has 0 aliphatic carbocycles. The highest BCUT2D eigenvalue weighted by Crippen LogP contribution is 2.00. The number of hydrogen-bond acceptors (Lipinski definition) is 5. The molecule has 1 aromatic rings. The molecule has 0 aliphatic rings. The number of carboxylic acid groups (broad SMARTS) is 1. The van der Waals surface area contributed by atoms with Gasteiger partial charge in [0.25, 0.3) is 0 Å². The molecule has 0 saturated carbocycles. The second-order valence-electron chi connectivity index (χ2n) is 3.94. The van der Waals surface area contributed by atoms with Gasteiger partial charge in [-0.15, -0.1) is 0 Å². The van der Waals surface area contributed by atoms with Crippen molar-refractivity contribution >= 4 is 11.9 Å². The molecule has 1 heterocycles. The number of rotatable bonds is 8. The van der Waals surface area contributed by atoms with Crippen molar-refractivity contribution in [3.05, 3.63) is 11.7 Å². The zero-order valence-electron chi connectivity index (χ0n) is 10.3. The van der Waals surface area contributed by atoms with Gasteiger partial charge in [-0.3, -0.25) is 9.59 Å². The van der Waals surface area contributed by atoms with Gasteiger partial charge in [0.2, 0.25) is 11.8 Å². The van der Waals surface area contributed by atoms with Crippen molar-refractivity contribution < 1.29 is 19.2 Å². The van der Waals surface area contributed by atoms with E-state index in [0.29, 0.717) is 43.9 Å². The zero-order valence-corrected chi connectivity index (χ0v) is 10.3. The molecule has 0 spiro atoms. The summed E-state index contributed by atoms with van der Waals surface area (Å²) in [6.45, 7) is 2.17. The van der Waals surface area contributed by atoms with Crippen LogP contribution in [0.1, 0.15) is 37.4 Å². The fourth-order valence-corrected chi connectivity index (χ4v) is 1.40. The Labute approximate surface area is 105 Å². The van der Waals surface area contributed by atoms with Gasteiger partial charge in [0.05, 0.1) is 0 Å². The number of unbranched alkanes of at least 4 members (excludes halogenated alkanes) is 1. The average Bonchev–Trinajstić information content (AvgIpc) is 2.70. The van der Waals surface area contributed by atoms with Gasteiger partial charge >= 0.3 is 5.97 Å². The van der Waals surface area contributed by atoms with E-state index in [2.05, 4.69) is 15.5 Å². The number of carboxylic acids is 1. The quantitative estimate of drug-likeness (QED) is 0.662. The number of nitrogens with one attached hydrogen (secondary N) is 1. The van der Waals surface area contributed by atoms with Gasteiger partial charge in [-0.25, -0.2) is 0 Å². The smallest absolute Gasteiger partial charge is 0.303 e. The van der Waals surface area contributed by atoms with E-state index in [4.69, 9.17) is 9.63 Å². The van der Waals surface area contributed by atoms with E-state index in [1.165, 1.54) is 0 Å². The van der Waals surface area contributed by atoms with Crippen LogP contribution < -0.4 is 5.32 Å². The van der Waals surface area contributed by atoms with E-state index in [1.807, 2.05) is 0 Å². The molecule has 0 aliphatic heterocycles. The molecule has 2 N–H and O–H groups in total. The van der Waals surface area contributed by atoms with Gasteiger partial charge in [0.1, 0.15) is 0 Å². The van der Waals surface area contributed by atoms with Gasteiger partial charge in [0.15, 0.2) is 5.82 Å². The minimum Gasteiger partial charge on any atom is -0.481 e. The van der Waals surface area contributed by atoms with Gasteiger partial charge in [0, 0.05) is 25.8 Å². The Bertz CT molecular complexity index is 403. The molecule has 0 bridgehead atoms. The summed E-state index contributed by atoms with van der Waals surface area (Å²) in [5, 5.41) is 14.8. The maximum Gasteiger partial charge on any atom is 0.303 e. The van der Waals surface area contributed by atoms with Gasteiger partial charge < -0.3 is 14.9 Å². The minimum absolute atomic E-state index is 0.0865. The summed E-state index contributed by atoms with van der Waals surface area (Å²) in [7, 11) is 0. The lowest BCUT2D eigenvalue weighted by molar-refractivity contribution is -0.137. The largest absolute Gasteiger partial charge is 0.481 e. The van der Waals surface area contributed by atoms with Crippen LogP contribution in [0.3, 0.4) is 0 Å². The third-order valence-electron chi connectivity index (χ3n) is 2.28. The maximum absolute atomic E-state index is 11.4. The molecule has 0 radical (unpaired) electrons. The lowest BCUT2D eigenvalue weighted by Crippen LogP contribution is -2.25. The predicted octanol–water partition coefficient (Wildman–Crippen LogP) is 0.682. The maximum atomic E-state index is 11.4. The normalized spacial score (nSPS) is 10.3. The van der Waals surface area contributed by atoms with E-state index < -0.39 is 5.97 Å². The summed E-state index contributed by atoms with van der Waals surface area (Å²) in [5.74, 6) is 0.155. The third kappa shape index (κ3) is 5.97. The van der Waals surface area contributed by atoms with E-state index >= 15 is 0 Å². The first-order chi connectivity index (χ1) is 8.58. The monoisotopic (exact) mass is 255 g/mol. The number of nitrogens with zero attached hydrogens (tertiary/aromatic N) is 2. The van der Waals surface area contributed by atoms with Crippen LogP contribution in [0.25, 0.3) is 0 Å². The van der Waals surface area contributed by atoms with Gasteiger partial charge in [-0.05, 0) is 19.8 Å². The molecule has 7 nitrogen and oxygen atoms in total. The fraction of sp³-hybridized carbons (Fsp3) is 0.636. The van der Waals surface area contributed by atoms with Crippen LogP contribution in [0.15, 0.2) is 4.52 Å². The number of aliphatic carboxylic acids is 1. The van der Waals surface area contributed by atoms with Gasteiger partial charge in [-0.1, -0.05) is 5.16 Å². The molecule has 0 fully saturated rings. The van der Waals surface area contributed by atoms with Gasteiger partial charge in [-0.2, -0.15) is 4.98 Å². The first kappa shape index (κ1) is 14.1. The Hall–Kier alpha value is -1.92. The molecule has 1 rings (SSSR count). The first-order valence-corrected chi connectivity index (χ1v) is 5.85. The Morgan fingerprint density at radius 1 is 1.33 bits per heavy atom. The predicted molar refractivity (Wildman–Crippen MR) is 61.9 cm³/mol. The molecule has 7 heteroatoms. The second kappa shape index (κ2) is 7.41. The molecule has 1 aromatic heterocycles. The summed E-state index contributed by atoms with van der Waals surface area (Å²) < 4.78 is 4.89. The molecule has 0 saturated heterocycles. The highest BCUT2D eigenvalue weighted by molar-refractivity contribution is 5.75. The summed E-state index contributed by atoms with van der Waals surface area (Å²) in [4.78, 5) is 25.6. The number of amides is 1. The molecule has 100 valence electrons. The highest BCUT2D eigenvalue weighted by atomic mass is 16.5. The SMILES string of the molecule is Cc1noc(CCNC(=O)CCCCC(=O)O)n1. The first-order valence-electron chi connectivity index (χ1n) is 5.85. The van der Waals surface area contributed by atoms with E-state index in [1.54, 1.807) is 6.92 Å². The summed E-state index contributed by atoms with van der Waals surface area (Å²) in [6.07, 6.45) is 2.05. The van der Waals surface area contributed by atoms with Crippen LogP contribution in [0.5, 0.6) is 0 Å². The lowest BCUT2D eigenvalue weighted by Gasteiger charge is -2.02. The van der Waals surface area contributed by atoms with E-state index in [0.717, 1.165) is 0 Å². The van der Waals surface area contributed by atoms with Crippen molar-refractivity contribution in [3.8, 4) is 0 Å². The standard InChI is InChI=1S/C11H17N3O4/c1-8-13-10(18-14-8)6-7-12-9(15)4-2-3-5-11(16)17/h2-7H2,1H3,(H,12,15)(H,16,17). The number of aromatic nitrogens is 2. The number of carbonyl (C=O) groups is 2.